The van der Waals surface area contributed by atoms with E-state index in [2.05, 4.69) is 379 Å². The molecule has 0 saturated carbocycles. The van der Waals surface area contributed by atoms with Gasteiger partial charge >= 0.3 is 0 Å². The van der Waals surface area contributed by atoms with Gasteiger partial charge in [0.1, 0.15) is 0 Å². The highest BCUT2D eigenvalue weighted by Crippen LogP contribution is 2.46. The summed E-state index contributed by atoms with van der Waals surface area (Å²) in [5.74, 6) is 0.700. The Morgan fingerprint density at radius 1 is 0.202 bits per heavy atom. The maximum atomic E-state index is 5.21. The van der Waals surface area contributed by atoms with E-state index in [0.29, 0.717) is 5.82 Å². The normalized spacial score (nSPS) is 11.5. The van der Waals surface area contributed by atoms with Crippen molar-refractivity contribution in [3.05, 3.63) is 382 Å². The maximum absolute atomic E-state index is 5.21. The summed E-state index contributed by atoms with van der Waals surface area (Å²) in [6, 6.07) is 136. The summed E-state index contributed by atoms with van der Waals surface area (Å²) < 4.78 is 7.44. The fraction of sp³-hybridized carbons (Fsp3) is 0. The number of benzene rings is 14. The first-order valence-corrected chi connectivity index (χ1v) is 36.7. The van der Waals surface area contributed by atoms with Crippen molar-refractivity contribution in [1.29, 1.82) is 0 Å². The minimum absolute atomic E-state index is 0.700. The summed E-state index contributed by atoms with van der Waals surface area (Å²) in [6.45, 7) is 0. The van der Waals surface area contributed by atoms with E-state index >= 15 is 0 Å². The fourth-order valence-electron chi connectivity index (χ4n) is 14.7. The summed E-state index contributed by atoms with van der Waals surface area (Å²) in [5, 5.41) is 7.69. The van der Waals surface area contributed by atoms with E-state index in [1.165, 1.54) is 107 Å². The lowest BCUT2D eigenvalue weighted by Crippen LogP contribution is -1.97. The molecule has 20 aromatic rings. The van der Waals surface area contributed by atoms with Crippen LogP contribution in [0.1, 0.15) is 0 Å². The number of hydrogen-bond donors (Lipinski definition) is 0. The predicted molar refractivity (Wildman–Crippen MR) is 440 cm³/mol. The summed E-state index contributed by atoms with van der Waals surface area (Å²) in [4.78, 5) is 18.0. The van der Waals surface area contributed by atoms with Crippen molar-refractivity contribution in [2.45, 2.75) is 0 Å². The quantitative estimate of drug-likeness (QED) is 0.122. The monoisotopic (exact) mass is 1360 g/mol. The third kappa shape index (κ3) is 11.6. The molecule has 5 nitrogen and oxygen atoms in total. The van der Waals surface area contributed by atoms with Crippen molar-refractivity contribution in [3.63, 3.8) is 0 Å². The fourth-order valence-corrected chi connectivity index (χ4v) is 17.2. The zero-order valence-corrected chi connectivity index (χ0v) is 58.1. The van der Waals surface area contributed by atoms with E-state index in [9.17, 15) is 0 Å². The molecule has 0 aliphatic heterocycles. The van der Waals surface area contributed by atoms with Gasteiger partial charge in [0, 0.05) is 79.9 Å². The summed E-state index contributed by atoms with van der Waals surface area (Å²) in [7, 11) is 0. The van der Waals surface area contributed by atoms with Crippen molar-refractivity contribution in [3.8, 4) is 122 Å². The average molecular weight is 1360 g/mol. The first-order chi connectivity index (χ1) is 51.5. The second-order valence-corrected chi connectivity index (χ2v) is 28.3. The minimum atomic E-state index is 0.700. The molecule has 0 radical (unpaired) electrons. The molecular weight excluding hydrogens is 1300 g/mol. The van der Waals surface area contributed by atoms with Gasteiger partial charge in [-0.25, -0.2) is 15.0 Å². The Hall–Kier alpha value is -13.2. The topological polar surface area (TPSA) is 48.5 Å². The molecule has 0 unspecified atom stereocenters. The van der Waals surface area contributed by atoms with Crippen molar-refractivity contribution < 1.29 is 0 Å². The predicted octanol–water partition coefficient (Wildman–Crippen LogP) is 26.9. The van der Waals surface area contributed by atoms with Gasteiger partial charge < -0.3 is 9.13 Å². The molecule has 20 rings (SSSR count). The van der Waals surface area contributed by atoms with E-state index < -0.39 is 0 Å². The molecule has 0 N–H and O–H groups in total. The Morgan fingerprint density at radius 3 is 0.904 bits per heavy atom. The van der Waals surface area contributed by atoms with Crippen LogP contribution in [0.4, 0.5) is 0 Å². The molecule has 0 spiro atoms. The van der Waals surface area contributed by atoms with Gasteiger partial charge in [-0.05, 0) is 146 Å². The van der Waals surface area contributed by atoms with E-state index in [-0.39, 0.29) is 0 Å². The van der Waals surface area contributed by atoms with Gasteiger partial charge in [-0.2, -0.15) is 0 Å². The molecule has 0 atom stereocenters. The number of hydrogen-bond acceptors (Lipinski definition) is 5. The van der Waals surface area contributed by atoms with Crippen LogP contribution in [0, 0.1) is 0 Å². The molecule has 6 aromatic heterocycles. The van der Waals surface area contributed by atoms with E-state index in [0.717, 1.165) is 73.1 Å². The molecule has 488 valence electrons. The lowest BCUT2D eigenvalue weighted by Gasteiger charge is -2.12. The van der Waals surface area contributed by atoms with Crippen molar-refractivity contribution >= 4 is 86.5 Å². The first-order valence-electron chi connectivity index (χ1n) is 35.1. The van der Waals surface area contributed by atoms with Gasteiger partial charge in [0.05, 0.1) is 44.8 Å². The molecule has 104 heavy (non-hydrogen) atoms. The molecule has 0 aliphatic carbocycles. The highest BCUT2D eigenvalue weighted by molar-refractivity contribution is 7.23. The lowest BCUT2D eigenvalue weighted by molar-refractivity contribution is 1.16. The summed E-state index contributed by atoms with van der Waals surface area (Å²) >= 11 is 3.75. The number of thiophene rings is 2. The molecule has 0 saturated heterocycles. The zero-order chi connectivity index (χ0) is 68.9. The molecule has 0 bridgehead atoms. The Bertz CT molecular complexity index is 6110. The molecule has 0 fully saturated rings. The van der Waals surface area contributed by atoms with Crippen LogP contribution in [-0.4, -0.2) is 24.1 Å². The van der Waals surface area contributed by atoms with Gasteiger partial charge in [-0.15, -0.1) is 22.7 Å². The van der Waals surface area contributed by atoms with Crippen LogP contribution in [-0.2, 0) is 0 Å². The number of aromatic nitrogens is 5. The van der Waals surface area contributed by atoms with Crippen LogP contribution in [0.25, 0.3) is 186 Å². The Balaban J connectivity index is 0.000000143. The Kier molecular flexibility index (Phi) is 15.9. The second-order valence-electron chi connectivity index (χ2n) is 26.2. The van der Waals surface area contributed by atoms with Gasteiger partial charge in [0.15, 0.2) is 5.82 Å². The maximum Gasteiger partial charge on any atom is 0.160 e. The standard InChI is InChI=1S/C49H32N2S.C48H31N3S/c1-4-12-33(13-5-1)34-20-22-35(23-21-34)40-30-43(36-14-6-2-7-15-36)50-44(31-40)37-24-27-41(28-25-37)51-45-19-11-10-18-42(45)48-46(51)29-26-39-32-47(52-49(39)48)38-16-8-3-9-17-38;1-4-12-32(13-5-1)33-20-22-35(23-21-33)42-31-41(34-14-6-2-7-15-34)49-48(50-42)37-24-27-39(28-25-37)51-43-19-11-10-18-40(43)46-44(51)29-26-38-30-45(52-47(38)46)36-16-8-3-9-17-36/h1-32H;1-31H. The Labute approximate surface area is 610 Å². The van der Waals surface area contributed by atoms with Crippen LogP contribution in [0.5, 0.6) is 0 Å². The Morgan fingerprint density at radius 2 is 0.500 bits per heavy atom. The number of rotatable bonds is 12. The first kappa shape index (κ1) is 61.9. The van der Waals surface area contributed by atoms with E-state index in [1.54, 1.807) is 0 Å². The van der Waals surface area contributed by atoms with Crippen molar-refractivity contribution in [2.75, 3.05) is 0 Å². The molecule has 0 aliphatic rings. The largest absolute Gasteiger partial charge is 0.309 e. The van der Waals surface area contributed by atoms with Gasteiger partial charge in [-0.1, -0.05) is 291 Å². The number of pyridine rings is 1. The van der Waals surface area contributed by atoms with Crippen LogP contribution in [0.3, 0.4) is 0 Å². The SMILES string of the molecule is c1ccc(-c2ccc(-c3cc(-c4ccccc4)nc(-c4ccc(-n5c6ccccc6c6c7sc(-c8ccccc8)cc7ccc65)cc4)c3)cc2)cc1.c1ccc(-c2ccc(-c3cc(-c4ccccc4)nc(-c4ccc(-n5c6ccccc6c6c7sc(-c8ccccc8)cc7ccc65)cc4)n3)cc2)cc1. The number of para-hydroxylation sites is 2. The van der Waals surface area contributed by atoms with Crippen molar-refractivity contribution in [1.82, 2.24) is 24.1 Å². The minimum Gasteiger partial charge on any atom is -0.309 e. The van der Waals surface area contributed by atoms with Crippen LogP contribution >= 0.6 is 22.7 Å². The van der Waals surface area contributed by atoms with Crippen LogP contribution < -0.4 is 0 Å². The van der Waals surface area contributed by atoms with E-state index in [4.69, 9.17) is 15.0 Å². The van der Waals surface area contributed by atoms with Crippen molar-refractivity contribution in [2.24, 2.45) is 0 Å². The summed E-state index contributed by atoms with van der Waals surface area (Å²) in [5.41, 5.74) is 25.6. The molecule has 6 heterocycles. The third-order valence-electron chi connectivity index (χ3n) is 19.9. The third-order valence-corrected chi connectivity index (χ3v) is 22.3. The molecule has 0 amide bonds. The lowest BCUT2D eigenvalue weighted by atomic mass is 9.97. The van der Waals surface area contributed by atoms with E-state index in [1.807, 2.05) is 34.8 Å². The van der Waals surface area contributed by atoms with Gasteiger partial charge in [0.2, 0.25) is 0 Å². The average Bonchev–Trinajstić information content (AvgIpc) is 1.58. The zero-order valence-electron chi connectivity index (χ0n) is 56.4. The van der Waals surface area contributed by atoms with Crippen LogP contribution in [0.15, 0.2) is 382 Å². The van der Waals surface area contributed by atoms with Gasteiger partial charge in [-0.3, -0.25) is 0 Å². The molecule has 14 aromatic carbocycles. The second kappa shape index (κ2) is 26.7. The van der Waals surface area contributed by atoms with Gasteiger partial charge in [0.25, 0.3) is 0 Å². The number of fused-ring (bicyclic) bond motifs is 10. The molecular formula is C97H63N5S2. The highest BCUT2D eigenvalue weighted by atomic mass is 32.1. The molecule has 7 heteroatoms. The smallest absolute Gasteiger partial charge is 0.160 e. The number of nitrogens with zero attached hydrogens (tertiary/aromatic N) is 5. The summed E-state index contributed by atoms with van der Waals surface area (Å²) in [6.07, 6.45) is 0. The highest BCUT2D eigenvalue weighted by Gasteiger charge is 2.21. The van der Waals surface area contributed by atoms with Crippen LogP contribution in [0.2, 0.25) is 0 Å².